The Hall–Kier alpha value is -0.840. The first-order valence-electron chi connectivity index (χ1n) is 5.58. The number of hydrogen-bond donors (Lipinski definition) is 0. The second-order valence-electron chi connectivity index (χ2n) is 4.87. The summed E-state index contributed by atoms with van der Waals surface area (Å²) in [6, 6.07) is 0. The minimum Gasteiger partial charge on any atom is -0.339 e. The minimum atomic E-state index is -2.81. The fraction of sp³-hybridized carbons (Fsp3) is 0.727. The van der Waals surface area contributed by atoms with E-state index in [-0.39, 0.29) is 22.8 Å². The maximum Gasteiger partial charge on any atom is 0.245 e. The van der Waals surface area contributed by atoms with Gasteiger partial charge >= 0.3 is 0 Å². The van der Waals surface area contributed by atoms with Gasteiger partial charge in [-0.1, -0.05) is 6.58 Å². The fourth-order valence-corrected chi connectivity index (χ4v) is 4.32. The Kier molecular flexibility index (Phi) is 2.82. The smallest absolute Gasteiger partial charge is 0.245 e. The molecule has 0 aromatic carbocycles. The predicted octanol–water partition coefficient (Wildman–Crippen LogP) is 0.600. The van der Waals surface area contributed by atoms with Crippen molar-refractivity contribution in [2.24, 2.45) is 5.41 Å². The lowest BCUT2D eigenvalue weighted by molar-refractivity contribution is -0.125. The number of carbonyl (C=O) groups is 1. The largest absolute Gasteiger partial charge is 0.339 e. The molecule has 2 heterocycles. The Morgan fingerprint density at radius 1 is 1.25 bits per heavy atom. The summed E-state index contributed by atoms with van der Waals surface area (Å²) in [6.45, 7) is 4.92. The molecule has 0 bridgehead atoms. The molecule has 0 radical (unpaired) electrons. The molecular weight excluding hydrogens is 226 g/mol. The molecule has 0 unspecified atom stereocenters. The van der Waals surface area contributed by atoms with Crippen LogP contribution >= 0.6 is 0 Å². The van der Waals surface area contributed by atoms with E-state index in [2.05, 4.69) is 6.58 Å². The van der Waals surface area contributed by atoms with Crippen molar-refractivity contribution in [3.8, 4) is 0 Å². The van der Waals surface area contributed by atoms with E-state index in [4.69, 9.17) is 0 Å². The topological polar surface area (TPSA) is 54.5 Å². The Morgan fingerprint density at radius 3 is 2.44 bits per heavy atom. The molecule has 2 fully saturated rings. The second-order valence-corrected chi connectivity index (χ2v) is 7.17. The molecule has 1 spiro atoms. The van der Waals surface area contributed by atoms with Gasteiger partial charge in [-0.15, -0.1) is 0 Å². The maximum atomic E-state index is 11.5. The Balaban J connectivity index is 2.03. The lowest BCUT2D eigenvalue weighted by Gasteiger charge is -2.32. The van der Waals surface area contributed by atoms with E-state index in [1.54, 1.807) is 4.90 Å². The van der Waals surface area contributed by atoms with Crippen LogP contribution in [-0.4, -0.2) is 43.8 Å². The van der Waals surface area contributed by atoms with Crippen molar-refractivity contribution < 1.29 is 13.2 Å². The highest BCUT2D eigenvalue weighted by atomic mass is 32.2. The molecule has 0 N–H and O–H groups in total. The molecular formula is C11H17NO3S. The first-order valence-corrected chi connectivity index (χ1v) is 7.40. The average Bonchev–Trinajstić information content (AvgIpc) is 2.67. The lowest BCUT2D eigenvalue weighted by Crippen LogP contribution is -2.37. The van der Waals surface area contributed by atoms with Gasteiger partial charge in [-0.25, -0.2) is 8.42 Å². The van der Waals surface area contributed by atoms with Crippen LogP contribution in [0.15, 0.2) is 12.7 Å². The lowest BCUT2D eigenvalue weighted by atomic mass is 9.81. The van der Waals surface area contributed by atoms with Crippen molar-refractivity contribution in [2.75, 3.05) is 24.6 Å². The van der Waals surface area contributed by atoms with Crippen molar-refractivity contribution >= 4 is 15.7 Å². The number of hydrogen-bond acceptors (Lipinski definition) is 3. The van der Waals surface area contributed by atoms with Crippen molar-refractivity contribution in [2.45, 2.75) is 19.3 Å². The molecule has 0 aliphatic carbocycles. The summed E-state index contributed by atoms with van der Waals surface area (Å²) in [6.07, 6.45) is 3.67. The first kappa shape index (κ1) is 11.6. The van der Waals surface area contributed by atoms with Crippen LogP contribution in [0.2, 0.25) is 0 Å². The van der Waals surface area contributed by atoms with Crippen LogP contribution in [0, 0.1) is 5.41 Å². The Labute approximate surface area is 96.2 Å². The predicted molar refractivity (Wildman–Crippen MR) is 61.7 cm³/mol. The van der Waals surface area contributed by atoms with Crippen LogP contribution in [-0.2, 0) is 14.6 Å². The van der Waals surface area contributed by atoms with Crippen LogP contribution in [0.4, 0.5) is 0 Å². The number of amides is 1. The maximum absolute atomic E-state index is 11.5. The Bertz CT molecular complexity index is 399. The van der Waals surface area contributed by atoms with E-state index in [9.17, 15) is 13.2 Å². The van der Waals surface area contributed by atoms with Crippen LogP contribution in [0.1, 0.15) is 19.3 Å². The summed E-state index contributed by atoms with van der Waals surface area (Å²) in [5, 5.41) is 0. The molecule has 2 saturated heterocycles. The van der Waals surface area contributed by atoms with Gasteiger partial charge in [0.2, 0.25) is 5.91 Å². The van der Waals surface area contributed by atoms with Gasteiger partial charge in [-0.05, 0) is 30.8 Å². The van der Waals surface area contributed by atoms with E-state index in [0.29, 0.717) is 19.4 Å². The normalized spacial score (nSPS) is 26.9. The van der Waals surface area contributed by atoms with Crippen LogP contribution < -0.4 is 0 Å². The van der Waals surface area contributed by atoms with E-state index in [0.717, 1.165) is 13.0 Å². The molecule has 0 atom stereocenters. The van der Waals surface area contributed by atoms with Crippen LogP contribution in [0.5, 0.6) is 0 Å². The standard InChI is InChI=1S/C11H17NO3S/c1-2-10(13)12-6-3-11(9-12)4-7-16(14,15)8-5-11/h2H,1,3-9H2. The number of carbonyl (C=O) groups excluding carboxylic acids is 1. The number of nitrogens with zero attached hydrogens (tertiary/aromatic N) is 1. The molecule has 90 valence electrons. The van der Waals surface area contributed by atoms with Gasteiger partial charge in [-0.3, -0.25) is 4.79 Å². The summed E-state index contributed by atoms with van der Waals surface area (Å²) in [5.41, 5.74) is 0.0595. The summed E-state index contributed by atoms with van der Waals surface area (Å²) in [4.78, 5) is 13.2. The summed E-state index contributed by atoms with van der Waals surface area (Å²) in [7, 11) is -2.81. The van der Waals surface area contributed by atoms with E-state index in [1.807, 2.05) is 0 Å². The first-order chi connectivity index (χ1) is 7.46. The average molecular weight is 243 g/mol. The molecule has 0 aromatic rings. The van der Waals surface area contributed by atoms with Gasteiger partial charge < -0.3 is 4.90 Å². The number of likely N-dealkylation sites (tertiary alicyclic amines) is 1. The van der Waals surface area contributed by atoms with Crippen LogP contribution in [0.3, 0.4) is 0 Å². The van der Waals surface area contributed by atoms with Gasteiger partial charge in [0.15, 0.2) is 0 Å². The van der Waals surface area contributed by atoms with Gasteiger partial charge in [0, 0.05) is 13.1 Å². The van der Waals surface area contributed by atoms with Gasteiger partial charge in [0.05, 0.1) is 11.5 Å². The fourth-order valence-electron chi connectivity index (χ4n) is 2.63. The van der Waals surface area contributed by atoms with Crippen molar-refractivity contribution in [3.63, 3.8) is 0 Å². The third-order valence-corrected chi connectivity index (χ3v) is 5.46. The molecule has 0 saturated carbocycles. The van der Waals surface area contributed by atoms with E-state index >= 15 is 0 Å². The zero-order chi connectivity index (χ0) is 11.8. The van der Waals surface area contributed by atoms with Gasteiger partial charge in [-0.2, -0.15) is 0 Å². The zero-order valence-corrected chi connectivity index (χ0v) is 10.1. The monoisotopic (exact) mass is 243 g/mol. The molecule has 2 aliphatic heterocycles. The molecule has 2 rings (SSSR count). The van der Waals surface area contributed by atoms with E-state index < -0.39 is 9.84 Å². The van der Waals surface area contributed by atoms with E-state index in [1.165, 1.54) is 6.08 Å². The summed E-state index contributed by atoms with van der Waals surface area (Å²) >= 11 is 0. The second kappa shape index (κ2) is 3.87. The zero-order valence-electron chi connectivity index (χ0n) is 9.31. The molecule has 0 aromatic heterocycles. The minimum absolute atomic E-state index is 0.0368. The van der Waals surface area contributed by atoms with Crippen LogP contribution in [0.25, 0.3) is 0 Å². The third-order valence-electron chi connectivity index (χ3n) is 3.81. The van der Waals surface area contributed by atoms with Crippen molar-refractivity contribution in [1.29, 1.82) is 0 Å². The SMILES string of the molecule is C=CC(=O)N1CCC2(CCS(=O)(=O)CC2)C1. The molecule has 16 heavy (non-hydrogen) atoms. The summed E-state index contributed by atoms with van der Waals surface area (Å²) < 4.78 is 22.7. The number of sulfone groups is 1. The van der Waals surface area contributed by atoms with Crippen molar-refractivity contribution in [3.05, 3.63) is 12.7 Å². The molecule has 1 amide bonds. The highest BCUT2D eigenvalue weighted by Crippen LogP contribution is 2.41. The summed E-state index contributed by atoms with van der Waals surface area (Å²) in [5.74, 6) is 0.525. The molecule has 2 aliphatic rings. The molecule has 5 heteroatoms. The Morgan fingerprint density at radius 2 is 1.88 bits per heavy atom. The quantitative estimate of drug-likeness (QED) is 0.634. The highest BCUT2D eigenvalue weighted by molar-refractivity contribution is 7.91. The van der Waals surface area contributed by atoms with Gasteiger partial charge in [0.1, 0.15) is 9.84 Å². The van der Waals surface area contributed by atoms with Crippen molar-refractivity contribution in [1.82, 2.24) is 4.90 Å². The highest BCUT2D eigenvalue weighted by Gasteiger charge is 2.43. The molecule has 4 nitrogen and oxygen atoms in total. The number of rotatable bonds is 1. The third kappa shape index (κ3) is 2.14. The van der Waals surface area contributed by atoms with Gasteiger partial charge in [0.25, 0.3) is 0 Å².